The Balaban J connectivity index is 1.48. The van der Waals surface area contributed by atoms with E-state index in [-0.39, 0.29) is 17.6 Å². The van der Waals surface area contributed by atoms with Crippen LogP contribution in [-0.4, -0.2) is 63.7 Å². The van der Waals surface area contributed by atoms with E-state index in [1.54, 1.807) is 12.1 Å². The molecule has 0 bridgehead atoms. The van der Waals surface area contributed by atoms with Crippen LogP contribution >= 0.6 is 0 Å². The van der Waals surface area contributed by atoms with Gasteiger partial charge in [0.1, 0.15) is 30.5 Å². The molecule has 8 nitrogen and oxygen atoms in total. The lowest BCUT2D eigenvalue weighted by Gasteiger charge is -2.27. The van der Waals surface area contributed by atoms with Crippen molar-refractivity contribution >= 4 is 10.1 Å². The van der Waals surface area contributed by atoms with Crippen LogP contribution in [0.4, 0.5) is 0 Å². The van der Waals surface area contributed by atoms with Gasteiger partial charge in [-0.15, -0.1) is 0 Å². The molecule has 3 heterocycles. The molecule has 0 spiro atoms. The van der Waals surface area contributed by atoms with Gasteiger partial charge in [-0.3, -0.25) is 4.18 Å². The van der Waals surface area contributed by atoms with E-state index in [2.05, 4.69) is 0 Å². The van der Waals surface area contributed by atoms with Gasteiger partial charge in [-0.2, -0.15) is 8.42 Å². The maximum absolute atomic E-state index is 12.5. The van der Waals surface area contributed by atoms with Gasteiger partial charge in [0.25, 0.3) is 10.1 Å². The van der Waals surface area contributed by atoms with Crippen LogP contribution in [0.3, 0.4) is 0 Å². The van der Waals surface area contributed by atoms with Crippen molar-refractivity contribution in [1.82, 2.24) is 0 Å². The van der Waals surface area contributed by atoms with Gasteiger partial charge in [0.15, 0.2) is 11.6 Å². The van der Waals surface area contributed by atoms with Crippen LogP contribution in [0, 0.1) is 6.92 Å². The van der Waals surface area contributed by atoms with E-state index >= 15 is 0 Å². The number of rotatable bonds is 5. The molecule has 162 valence electrons. The van der Waals surface area contributed by atoms with E-state index in [4.69, 9.17) is 27.9 Å². The Morgan fingerprint density at radius 2 is 1.62 bits per heavy atom. The molecule has 1 unspecified atom stereocenters. The molecule has 3 fully saturated rings. The Labute approximate surface area is 171 Å². The first kappa shape index (κ1) is 21.2. The molecule has 0 amide bonds. The second kappa shape index (κ2) is 7.26. The van der Waals surface area contributed by atoms with E-state index in [1.165, 1.54) is 12.1 Å². The highest BCUT2D eigenvalue weighted by Crippen LogP contribution is 2.42. The number of hydrogen-bond acceptors (Lipinski definition) is 8. The molecule has 4 rings (SSSR count). The van der Waals surface area contributed by atoms with Crippen molar-refractivity contribution in [3.8, 4) is 0 Å². The van der Waals surface area contributed by atoms with E-state index in [0.29, 0.717) is 6.61 Å². The molecule has 3 saturated heterocycles. The van der Waals surface area contributed by atoms with Crippen LogP contribution in [0.2, 0.25) is 0 Å². The van der Waals surface area contributed by atoms with Gasteiger partial charge in [0, 0.05) is 0 Å². The highest BCUT2D eigenvalue weighted by atomic mass is 32.2. The van der Waals surface area contributed by atoms with E-state index in [0.717, 1.165) is 5.56 Å². The van der Waals surface area contributed by atoms with Gasteiger partial charge in [-0.25, -0.2) is 0 Å². The summed E-state index contributed by atoms with van der Waals surface area (Å²) in [4.78, 5) is 0.104. The number of aryl methyl sites for hydroxylation is 1. The Hall–Kier alpha value is -1.07. The maximum Gasteiger partial charge on any atom is 0.297 e. The van der Waals surface area contributed by atoms with Crippen LogP contribution in [0.25, 0.3) is 0 Å². The third-order valence-electron chi connectivity index (χ3n) is 5.28. The van der Waals surface area contributed by atoms with Crippen molar-refractivity contribution in [2.75, 3.05) is 13.2 Å². The molecule has 0 N–H and O–H groups in total. The Bertz CT molecular complexity index is 848. The van der Waals surface area contributed by atoms with Crippen molar-refractivity contribution in [2.24, 2.45) is 0 Å². The van der Waals surface area contributed by atoms with Crippen molar-refractivity contribution in [3.63, 3.8) is 0 Å². The average Bonchev–Trinajstić information content (AvgIpc) is 3.23. The summed E-state index contributed by atoms with van der Waals surface area (Å²) in [5.41, 5.74) is 0.967. The fourth-order valence-corrected chi connectivity index (χ4v) is 4.87. The number of hydrogen-bond donors (Lipinski definition) is 0. The summed E-state index contributed by atoms with van der Waals surface area (Å²) in [5, 5.41) is 0. The summed E-state index contributed by atoms with van der Waals surface area (Å²) in [7, 11) is -3.91. The Kier molecular flexibility index (Phi) is 5.30. The van der Waals surface area contributed by atoms with Crippen LogP contribution < -0.4 is 0 Å². The highest BCUT2D eigenvalue weighted by molar-refractivity contribution is 7.86. The summed E-state index contributed by atoms with van der Waals surface area (Å²) < 4.78 is 60.1. The molecule has 1 aromatic carbocycles. The Morgan fingerprint density at radius 3 is 2.24 bits per heavy atom. The lowest BCUT2D eigenvalue weighted by molar-refractivity contribution is -0.208. The molecule has 1 aromatic rings. The Morgan fingerprint density at radius 1 is 0.966 bits per heavy atom. The third-order valence-corrected chi connectivity index (χ3v) is 6.58. The predicted molar refractivity (Wildman–Crippen MR) is 102 cm³/mol. The fraction of sp³-hybridized carbons (Fsp3) is 0.700. The summed E-state index contributed by atoms with van der Waals surface area (Å²) in [6, 6.07) is 6.50. The standard InChI is InChI=1S/C20H28O8S/c1-12-6-8-13(9-7-12)29(21,22)24-11-14-17-18(28-20(4,5)27-17)16(25-14)15-10-23-19(2,3)26-15/h6-9,14-18H,10-11H2,1-5H3/t14?,15-,16-,17-,18+/m1/s1. The molecule has 5 atom stereocenters. The quantitative estimate of drug-likeness (QED) is 0.659. The van der Waals surface area contributed by atoms with Gasteiger partial charge >= 0.3 is 0 Å². The van der Waals surface area contributed by atoms with Crippen LogP contribution in [0.1, 0.15) is 33.3 Å². The summed E-state index contributed by atoms with van der Waals surface area (Å²) in [5.74, 6) is -1.51. The lowest BCUT2D eigenvalue weighted by atomic mass is 10.0. The summed E-state index contributed by atoms with van der Waals surface area (Å²) in [6.07, 6.45) is -2.26. The minimum absolute atomic E-state index is 0.104. The molecule has 9 heteroatoms. The van der Waals surface area contributed by atoms with Crippen LogP contribution in [0.15, 0.2) is 29.2 Å². The summed E-state index contributed by atoms with van der Waals surface area (Å²) >= 11 is 0. The third kappa shape index (κ3) is 4.36. The predicted octanol–water partition coefficient (Wildman–Crippen LogP) is 2.14. The first-order chi connectivity index (χ1) is 13.5. The maximum atomic E-state index is 12.5. The van der Waals surface area contributed by atoms with Crippen molar-refractivity contribution in [2.45, 2.75) is 81.6 Å². The monoisotopic (exact) mass is 428 g/mol. The minimum atomic E-state index is -3.91. The van der Waals surface area contributed by atoms with Gasteiger partial charge in [0.05, 0.1) is 18.1 Å². The van der Waals surface area contributed by atoms with E-state index in [9.17, 15) is 8.42 Å². The molecule has 0 aromatic heterocycles. The molecule has 29 heavy (non-hydrogen) atoms. The van der Waals surface area contributed by atoms with Crippen molar-refractivity contribution < 1.29 is 36.3 Å². The van der Waals surface area contributed by atoms with E-state index < -0.39 is 46.1 Å². The topological polar surface area (TPSA) is 89.5 Å². The lowest BCUT2D eigenvalue weighted by Crippen LogP contribution is -2.40. The van der Waals surface area contributed by atoms with E-state index in [1.807, 2.05) is 34.6 Å². The average molecular weight is 429 g/mol. The molecule has 3 aliphatic heterocycles. The number of ether oxygens (including phenoxy) is 5. The summed E-state index contributed by atoms with van der Waals surface area (Å²) in [6.45, 7) is 9.39. The zero-order valence-electron chi connectivity index (χ0n) is 17.3. The zero-order chi connectivity index (χ0) is 21.0. The molecular formula is C20H28O8S. The number of benzene rings is 1. The van der Waals surface area contributed by atoms with Crippen molar-refractivity contribution in [1.29, 1.82) is 0 Å². The first-order valence-electron chi connectivity index (χ1n) is 9.75. The molecular weight excluding hydrogens is 400 g/mol. The van der Waals surface area contributed by atoms with Gasteiger partial charge in [0.2, 0.25) is 0 Å². The van der Waals surface area contributed by atoms with Gasteiger partial charge < -0.3 is 23.7 Å². The van der Waals surface area contributed by atoms with Crippen LogP contribution in [0.5, 0.6) is 0 Å². The smallest absolute Gasteiger partial charge is 0.297 e. The van der Waals surface area contributed by atoms with Gasteiger partial charge in [-0.05, 0) is 46.8 Å². The van der Waals surface area contributed by atoms with Gasteiger partial charge in [-0.1, -0.05) is 17.7 Å². The fourth-order valence-electron chi connectivity index (χ4n) is 3.96. The second-order valence-electron chi connectivity index (χ2n) is 8.62. The van der Waals surface area contributed by atoms with Crippen molar-refractivity contribution in [3.05, 3.63) is 29.8 Å². The second-order valence-corrected chi connectivity index (χ2v) is 10.2. The van der Waals surface area contributed by atoms with Crippen LogP contribution in [-0.2, 0) is 38.0 Å². The highest BCUT2D eigenvalue weighted by Gasteiger charge is 2.59. The first-order valence-corrected chi connectivity index (χ1v) is 11.2. The number of fused-ring (bicyclic) bond motifs is 1. The SMILES string of the molecule is Cc1ccc(S(=O)(=O)OCC2O[C@H]([C@H]3COC(C)(C)O3)[C@@H]3OC(C)(C)O[C@H]23)cc1. The minimum Gasteiger partial charge on any atom is -0.364 e. The largest absolute Gasteiger partial charge is 0.364 e. The molecule has 0 saturated carbocycles. The molecule has 0 radical (unpaired) electrons. The zero-order valence-corrected chi connectivity index (χ0v) is 18.1. The molecule has 3 aliphatic rings. The normalized spacial score (nSPS) is 35.7. The molecule has 0 aliphatic carbocycles.